The van der Waals surface area contributed by atoms with E-state index < -0.39 is 0 Å². The molecule has 0 aliphatic rings. The van der Waals surface area contributed by atoms with Gasteiger partial charge in [0.1, 0.15) is 0 Å². The lowest BCUT2D eigenvalue weighted by atomic mass is 9.89. The van der Waals surface area contributed by atoms with Crippen molar-refractivity contribution in [3.8, 4) is 0 Å². The van der Waals surface area contributed by atoms with E-state index >= 15 is 0 Å². The lowest BCUT2D eigenvalue weighted by molar-refractivity contribution is -0.121. The van der Waals surface area contributed by atoms with Crippen molar-refractivity contribution in [2.75, 3.05) is 20.3 Å². The summed E-state index contributed by atoms with van der Waals surface area (Å²) >= 11 is 0. The molecule has 102 valence electrons. The van der Waals surface area contributed by atoms with Crippen LogP contribution in [0.5, 0.6) is 0 Å². The lowest BCUT2D eigenvalue weighted by Crippen LogP contribution is -2.19. The minimum Gasteiger partial charge on any atom is -0.381 e. The van der Waals surface area contributed by atoms with Crippen LogP contribution in [0.25, 0.3) is 0 Å². The standard InChI is InChI=1S/C14H29NO2/c1-14(2,3)10-7-5-6-8-11-17-12-9-13(16)15-4/h5-12H2,1-4H3,(H,15,16). The van der Waals surface area contributed by atoms with Crippen molar-refractivity contribution in [1.82, 2.24) is 5.32 Å². The highest BCUT2D eigenvalue weighted by Crippen LogP contribution is 2.22. The van der Waals surface area contributed by atoms with E-state index in [-0.39, 0.29) is 5.91 Å². The minimum absolute atomic E-state index is 0.0511. The van der Waals surface area contributed by atoms with Crippen molar-refractivity contribution in [3.05, 3.63) is 0 Å². The molecule has 0 aliphatic heterocycles. The van der Waals surface area contributed by atoms with E-state index in [1.54, 1.807) is 7.05 Å². The molecule has 0 radical (unpaired) electrons. The highest BCUT2D eigenvalue weighted by molar-refractivity contribution is 5.75. The predicted octanol–water partition coefficient (Wildman–Crippen LogP) is 3.14. The number of ether oxygens (including phenoxy) is 1. The van der Waals surface area contributed by atoms with E-state index in [2.05, 4.69) is 26.1 Å². The van der Waals surface area contributed by atoms with Gasteiger partial charge in [-0.05, 0) is 18.3 Å². The van der Waals surface area contributed by atoms with Crippen LogP contribution in [0.1, 0.15) is 59.3 Å². The molecule has 1 amide bonds. The summed E-state index contributed by atoms with van der Waals surface area (Å²) in [6.45, 7) is 8.19. The van der Waals surface area contributed by atoms with E-state index in [1.807, 2.05) is 0 Å². The van der Waals surface area contributed by atoms with E-state index in [4.69, 9.17) is 4.74 Å². The molecule has 0 rings (SSSR count). The number of carbonyl (C=O) groups is 1. The molecule has 17 heavy (non-hydrogen) atoms. The Morgan fingerprint density at radius 1 is 1.06 bits per heavy atom. The van der Waals surface area contributed by atoms with Crippen molar-refractivity contribution in [2.24, 2.45) is 5.41 Å². The van der Waals surface area contributed by atoms with Gasteiger partial charge in [0.05, 0.1) is 6.61 Å². The Bertz CT molecular complexity index is 197. The maximum atomic E-state index is 10.9. The van der Waals surface area contributed by atoms with Crippen LogP contribution in [-0.2, 0) is 9.53 Å². The average Bonchev–Trinajstić information content (AvgIpc) is 2.25. The smallest absolute Gasteiger partial charge is 0.222 e. The zero-order valence-corrected chi connectivity index (χ0v) is 12.0. The Morgan fingerprint density at radius 2 is 1.71 bits per heavy atom. The first kappa shape index (κ1) is 16.4. The van der Waals surface area contributed by atoms with Gasteiger partial charge in [-0.3, -0.25) is 4.79 Å². The van der Waals surface area contributed by atoms with Crippen LogP contribution in [0.4, 0.5) is 0 Å². The summed E-state index contributed by atoms with van der Waals surface area (Å²) < 4.78 is 5.39. The molecule has 0 unspecified atom stereocenters. The maximum Gasteiger partial charge on any atom is 0.222 e. The molecule has 0 aromatic heterocycles. The summed E-state index contributed by atoms with van der Waals surface area (Å²) in [6, 6.07) is 0. The van der Waals surface area contributed by atoms with Crippen molar-refractivity contribution < 1.29 is 9.53 Å². The SMILES string of the molecule is CNC(=O)CCOCCCCCCC(C)(C)C. The van der Waals surface area contributed by atoms with Crippen LogP contribution in [0.15, 0.2) is 0 Å². The van der Waals surface area contributed by atoms with Crippen molar-refractivity contribution >= 4 is 5.91 Å². The first-order chi connectivity index (χ1) is 7.95. The van der Waals surface area contributed by atoms with E-state index in [0.717, 1.165) is 13.0 Å². The Balaban J connectivity index is 3.12. The molecule has 0 spiro atoms. The number of hydrogen-bond donors (Lipinski definition) is 1. The molecule has 0 fully saturated rings. The van der Waals surface area contributed by atoms with Crippen molar-refractivity contribution in [2.45, 2.75) is 59.3 Å². The molecular formula is C14H29NO2. The van der Waals surface area contributed by atoms with Crippen molar-refractivity contribution in [3.63, 3.8) is 0 Å². The molecule has 0 saturated heterocycles. The van der Waals surface area contributed by atoms with Gasteiger partial charge in [0.15, 0.2) is 0 Å². The second kappa shape index (κ2) is 9.46. The Hall–Kier alpha value is -0.570. The second-order valence-corrected chi connectivity index (χ2v) is 5.76. The largest absolute Gasteiger partial charge is 0.381 e. The van der Waals surface area contributed by atoms with Crippen LogP contribution >= 0.6 is 0 Å². The summed E-state index contributed by atoms with van der Waals surface area (Å²) in [5.74, 6) is 0.0511. The van der Waals surface area contributed by atoms with Gasteiger partial charge in [-0.15, -0.1) is 0 Å². The molecule has 0 bridgehead atoms. The van der Waals surface area contributed by atoms with Gasteiger partial charge in [-0.1, -0.05) is 40.0 Å². The van der Waals surface area contributed by atoms with E-state index in [9.17, 15) is 4.79 Å². The zero-order chi connectivity index (χ0) is 13.1. The van der Waals surface area contributed by atoms with E-state index in [0.29, 0.717) is 18.4 Å². The Morgan fingerprint density at radius 3 is 2.29 bits per heavy atom. The third-order valence-corrected chi connectivity index (χ3v) is 2.72. The molecule has 3 nitrogen and oxygen atoms in total. The van der Waals surface area contributed by atoms with Crippen LogP contribution in [0, 0.1) is 5.41 Å². The van der Waals surface area contributed by atoms with Gasteiger partial charge < -0.3 is 10.1 Å². The summed E-state index contributed by atoms with van der Waals surface area (Å²) in [5.41, 5.74) is 0.462. The molecule has 0 saturated carbocycles. The summed E-state index contributed by atoms with van der Waals surface area (Å²) in [7, 11) is 1.65. The fourth-order valence-electron chi connectivity index (χ4n) is 1.60. The van der Waals surface area contributed by atoms with Crippen LogP contribution in [-0.4, -0.2) is 26.2 Å². The third kappa shape index (κ3) is 13.4. The monoisotopic (exact) mass is 243 g/mol. The first-order valence-electron chi connectivity index (χ1n) is 6.74. The van der Waals surface area contributed by atoms with Crippen LogP contribution < -0.4 is 5.32 Å². The average molecular weight is 243 g/mol. The molecule has 0 atom stereocenters. The number of nitrogens with one attached hydrogen (secondary N) is 1. The summed E-state index contributed by atoms with van der Waals surface area (Å²) in [6.07, 6.45) is 6.71. The maximum absolute atomic E-state index is 10.9. The quantitative estimate of drug-likeness (QED) is 0.632. The number of unbranched alkanes of at least 4 members (excludes halogenated alkanes) is 3. The molecule has 0 aromatic carbocycles. The van der Waals surface area contributed by atoms with Gasteiger partial charge in [0.2, 0.25) is 5.91 Å². The highest BCUT2D eigenvalue weighted by Gasteiger charge is 2.08. The van der Waals surface area contributed by atoms with Gasteiger partial charge >= 0.3 is 0 Å². The van der Waals surface area contributed by atoms with Gasteiger partial charge in [-0.25, -0.2) is 0 Å². The molecule has 3 heteroatoms. The fourth-order valence-corrected chi connectivity index (χ4v) is 1.60. The number of rotatable bonds is 9. The highest BCUT2D eigenvalue weighted by atomic mass is 16.5. The molecule has 0 aromatic rings. The topological polar surface area (TPSA) is 38.3 Å². The molecular weight excluding hydrogens is 214 g/mol. The van der Waals surface area contributed by atoms with Gasteiger partial charge in [-0.2, -0.15) is 0 Å². The Kier molecular flexibility index (Phi) is 9.14. The summed E-state index contributed by atoms with van der Waals surface area (Å²) in [4.78, 5) is 10.9. The minimum atomic E-state index is 0.0511. The van der Waals surface area contributed by atoms with Gasteiger partial charge in [0.25, 0.3) is 0 Å². The Labute approximate surface area is 106 Å². The third-order valence-electron chi connectivity index (χ3n) is 2.72. The summed E-state index contributed by atoms with van der Waals surface area (Å²) in [5, 5.41) is 2.58. The molecule has 0 aliphatic carbocycles. The first-order valence-corrected chi connectivity index (χ1v) is 6.74. The normalized spacial score (nSPS) is 11.5. The van der Waals surface area contributed by atoms with Crippen LogP contribution in [0.2, 0.25) is 0 Å². The lowest BCUT2D eigenvalue weighted by Gasteiger charge is -2.17. The predicted molar refractivity (Wildman–Crippen MR) is 72.0 cm³/mol. The van der Waals surface area contributed by atoms with Crippen molar-refractivity contribution in [1.29, 1.82) is 0 Å². The number of carbonyl (C=O) groups excluding carboxylic acids is 1. The molecule has 1 N–H and O–H groups in total. The second-order valence-electron chi connectivity index (χ2n) is 5.76. The number of hydrogen-bond acceptors (Lipinski definition) is 2. The zero-order valence-electron chi connectivity index (χ0n) is 12.0. The molecule has 0 heterocycles. The van der Waals surface area contributed by atoms with Crippen LogP contribution in [0.3, 0.4) is 0 Å². The number of amides is 1. The van der Waals surface area contributed by atoms with E-state index in [1.165, 1.54) is 25.7 Å². The van der Waals surface area contributed by atoms with Gasteiger partial charge in [0, 0.05) is 20.1 Å². The fraction of sp³-hybridized carbons (Fsp3) is 0.929.